The summed E-state index contributed by atoms with van der Waals surface area (Å²) in [5.41, 5.74) is 0.818. The van der Waals surface area contributed by atoms with Gasteiger partial charge in [0.05, 0.1) is 3.57 Å². The quantitative estimate of drug-likeness (QED) is 0.614. The summed E-state index contributed by atoms with van der Waals surface area (Å²) in [6, 6.07) is 5.03. The highest BCUT2D eigenvalue weighted by Gasteiger charge is 2.08. The van der Waals surface area contributed by atoms with E-state index in [1.807, 2.05) is 22.6 Å². The molecule has 0 saturated carbocycles. The molecule has 0 amide bonds. The Kier molecular flexibility index (Phi) is 4.93. The molecular weight excluding hydrogens is 317 g/mol. The summed E-state index contributed by atoms with van der Waals surface area (Å²) in [5, 5.41) is 0. The number of ether oxygens (including phenoxy) is 1. The van der Waals surface area contributed by atoms with Gasteiger partial charge in [-0.2, -0.15) is 8.78 Å². The lowest BCUT2D eigenvalue weighted by Crippen LogP contribution is -2.03. The van der Waals surface area contributed by atoms with E-state index >= 15 is 0 Å². The van der Waals surface area contributed by atoms with Crippen LogP contribution in [0.5, 0.6) is 5.75 Å². The molecular formula is C10H9F2IO2. The number of alkyl halides is 2. The Balaban J connectivity index is 2.79. The fraction of sp³-hybridized carbons (Fsp3) is 0.300. The van der Waals surface area contributed by atoms with Gasteiger partial charge in [0.25, 0.3) is 0 Å². The van der Waals surface area contributed by atoms with Crippen molar-refractivity contribution in [2.45, 2.75) is 19.5 Å². The van der Waals surface area contributed by atoms with E-state index in [4.69, 9.17) is 0 Å². The van der Waals surface area contributed by atoms with E-state index in [0.717, 1.165) is 11.8 Å². The maximum absolute atomic E-state index is 12.0. The first-order chi connectivity index (χ1) is 7.13. The maximum Gasteiger partial charge on any atom is 0.387 e. The molecule has 5 heteroatoms. The van der Waals surface area contributed by atoms with E-state index in [9.17, 15) is 13.6 Å². The highest BCUT2D eigenvalue weighted by atomic mass is 127. The van der Waals surface area contributed by atoms with Gasteiger partial charge in [0, 0.05) is 6.42 Å². The van der Waals surface area contributed by atoms with Crippen LogP contribution < -0.4 is 4.74 Å². The molecule has 0 aromatic heterocycles. The predicted octanol–water partition coefficient (Wildman–Crippen LogP) is 3.02. The summed E-state index contributed by atoms with van der Waals surface area (Å²) in [6.07, 6.45) is 1.72. The van der Waals surface area contributed by atoms with Crippen LogP contribution >= 0.6 is 22.6 Å². The van der Waals surface area contributed by atoms with E-state index in [1.54, 1.807) is 12.1 Å². The van der Waals surface area contributed by atoms with Crippen molar-refractivity contribution in [1.82, 2.24) is 0 Å². The van der Waals surface area contributed by atoms with Gasteiger partial charge in [-0.1, -0.05) is 6.07 Å². The highest BCUT2D eigenvalue weighted by Crippen LogP contribution is 2.24. The van der Waals surface area contributed by atoms with Crippen molar-refractivity contribution < 1.29 is 18.3 Å². The third kappa shape index (κ3) is 4.11. The van der Waals surface area contributed by atoms with Crippen LogP contribution in [0.2, 0.25) is 0 Å². The second kappa shape index (κ2) is 5.99. The summed E-state index contributed by atoms with van der Waals surface area (Å²) < 4.78 is 29.0. The molecule has 15 heavy (non-hydrogen) atoms. The monoisotopic (exact) mass is 326 g/mol. The Hall–Kier alpha value is -0.720. The molecule has 0 unspecified atom stereocenters. The van der Waals surface area contributed by atoms with Crippen molar-refractivity contribution in [3.63, 3.8) is 0 Å². The van der Waals surface area contributed by atoms with Crippen molar-refractivity contribution >= 4 is 28.9 Å². The Labute approximate surface area is 99.8 Å². The van der Waals surface area contributed by atoms with Gasteiger partial charge in [0.2, 0.25) is 0 Å². The predicted molar refractivity (Wildman–Crippen MR) is 60.2 cm³/mol. The van der Waals surface area contributed by atoms with Crippen molar-refractivity contribution in [2.75, 3.05) is 0 Å². The topological polar surface area (TPSA) is 26.3 Å². The minimum absolute atomic E-state index is 0.161. The molecule has 1 rings (SSSR count). The molecule has 0 radical (unpaired) electrons. The van der Waals surface area contributed by atoms with E-state index in [2.05, 4.69) is 4.74 Å². The lowest BCUT2D eigenvalue weighted by atomic mass is 10.1. The molecule has 0 aliphatic rings. The summed E-state index contributed by atoms with van der Waals surface area (Å²) >= 11 is 1.92. The van der Waals surface area contributed by atoms with Crippen molar-refractivity contribution in [3.8, 4) is 5.75 Å². The van der Waals surface area contributed by atoms with Crippen LogP contribution in [0.1, 0.15) is 12.0 Å². The Morgan fingerprint density at radius 2 is 2.20 bits per heavy atom. The third-order valence-electron chi connectivity index (χ3n) is 1.76. The zero-order valence-electron chi connectivity index (χ0n) is 7.75. The lowest BCUT2D eigenvalue weighted by molar-refractivity contribution is -0.107. The molecule has 0 saturated heterocycles. The molecule has 82 valence electrons. The number of hydrogen-bond donors (Lipinski definition) is 0. The van der Waals surface area contributed by atoms with Gasteiger partial charge in [0.1, 0.15) is 12.0 Å². The molecule has 0 atom stereocenters. The lowest BCUT2D eigenvalue weighted by Gasteiger charge is -2.08. The Morgan fingerprint density at radius 1 is 1.47 bits per heavy atom. The first-order valence-corrected chi connectivity index (χ1v) is 5.38. The number of halogens is 3. The highest BCUT2D eigenvalue weighted by molar-refractivity contribution is 14.1. The summed E-state index contributed by atoms with van der Waals surface area (Å²) in [5.74, 6) is 0.161. The van der Waals surface area contributed by atoms with E-state index in [0.29, 0.717) is 16.4 Å². The van der Waals surface area contributed by atoms with Crippen LogP contribution in [-0.2, 0) is 11.2 Å². The molecule has 0 heterocycles. The van der Waals surface area contributed by atoms with Crippen LogP contribution in [0.4, 0.5) is 8.78 Å². The average molecular weight is 326 g/mol. The van der Waals surface area contributed by atoms with Gasteiger partial charge in [-0.3, -0.25) is 0 Å². The van der Waals surface area contributed by atoms with Gasteiger partial charge >= 0.3 is 6.61 Å². The van der Waals surface area contributed by atoms with Crippen LogP contribution in [-0.4, -0.2) is 12.9 Å². The van der Waals surface area contributed by atoms with E-state index < -0.39 is 6.61 Å². The van der Waals surface area contributed by atoms with Gasteiger partial charge in [0.15, 0.2) is 0 Å². The van der Waals surface area contributed by atoms with Crippen LogP contribution in [0, 0.1) is 3.57 Å². The number of carbonyl (C=O) groups is 1. The summed E-state index contributed by atoms with van der Waals surface area (Å²) in [4.78, 5) is 10.2. The maximum atomic E-state index is 12.0. The number of aldehydes is 1. The minimum Gasteiger partial charge on any atom is -0.434 e. The fourth-order valence-electron chi connectivity index (χ4n) is 1.12. The van der Waals surface area contributed by atoms with Crippen molar-refractivity contribution in [1.29, 1.82) is 0 Å². The van der Waals surface area contributed by atoms with Gasteiger partial charge in [-0.25, -0.2) is 0 Å². The van der Waals surface area contributed by atoms with Crippen LogP contribution in [0.3, 0.4) is 0 Å². The van der Waals surface area contributed by atoms with E-state index in [-0.39, 0.29) is 5.75 Å². The first kappa shape index (κ1) is 12.4. The van der Waals surface area contributed by atoms with Crippen LogP contribution in [0.15, 0.2) is 18.2 Å². The summed E-state index contributed by atoms with van der Waals surface area (Å²) in [7, 11) is 0. The second-order valence-corrected chi connectivity index (χ2v) is 4.01. The number of aryl methyl sites for hydroxylation is 1. The zero-order chi connectivity index (χ0) is 11.3. The van der Waals surface area contributed by atoms with Gasteiger partial charge in [-0.15, -0.1) is 0 Å². The largest absolute Gasteiger partial charge is 0.434 e. The smallest absolute Gasteiger partial charge is 0.387 e. The molecule has 0 bridgehead atoms. The number of hydrogen-bond acceptors (Lipinski definition) is 2. The molecule has 0 spiro atoms. The van der Waals surface area contributed by atoms with Crippen molar-refractivity contribution in [3.05, 3.63) is 27.3 Å². The Morgan fingerprint density at radius 3 is 2.80 bits per heavy atom. The van der Waals surface area contributed by atoms with Crippen molar-refractivity contribution in [2.24, 2.45) is 0 Å². The van der Waals surface area contributed by atoms with Crippen LogP contribution in [0.25, 0.3) is 0 Å². The van der Waals surface area contributed by atoms with Gasteiger partial charge in [-0.05, 0) is 46.7 Å². The molecule has 1 aromatic rings. The second-order valence-electron chi connectivity index (χ2n) is 2.85. The van der Waals surface area contributed by atoms with E-state index in [1.165, 1.54) is 6.07 Å². The molecule has 1 aromatic carbocycles. The number of rotatable bonds is 5. The molecule has 0 N–H and O–H groups in total. The fourth-order valence-corrected chi connectivity index (χ4v) is 1.58. The number of benzene rings is 1. The molecule has 0 aliphatic heterocycles. The average Bonchev–Trinajstić information content (AvgIpc) is 2.18. The summed E-state index contributed by atoms with van der Waals surface area (Å²) in [6.45, 7) is -2.82. The number of carbonyl (C=O) groups excluding carboxylic acids is 1. The molecule has 0 fully saturated rings. The minimum atomic E-state index is -2.82. The third-order valence-corrected chi connectivity index (χ3v) is 2.65. The van der Waals surface area contributed by atoms with Gasteiger partial charge < -0.3 is 9.53 Å². The molecule has 0 aliphatic carbocycles. The molecule has 2 nitrogen and oxygen atoms in total. The normalized spacial score (nSPS) is 10.4. The first-order valence-electron chi connectivity index (χ1n) is 4.30. The SMILES string of the molecule is O=CCCc1ccc(I)c(OC(F)F)c1. The Bertz CT molecular complexity index is 342. The zero-order valence-corrected chi connectivity index (χ0v) is 9.91. The standard InChI is InChI=1S/C10H9F2IO2/c11-10(12)15-9-6-7(2-1-5-14)3-4-8(9)13/h3-6,10H,1-2H2.